The molecule has 1 aromatic heterocycles. The van der Waals surface area contributed by atoms with Crippen LogP contribution in [0.3, 0.4) is 0 Å². The summed E-state index contributed by atoms with van der Waals surface area (Å²) in [5.41, 5.74) is 3.89. The van der Waals surface area contributed by atoms with Gasteiger partial charge in [0.25, 0.3) is 11.8 Å². The van der Waals surface area contributed by atoms with Crippen molar-refractivity contribution in [3.63, 3.8) is 0 Å². The van der Waals surface area contributed by atoms with E-state index in [4.69, 9.17) is 4.52 Å². The molecule has 2 atom stereocenters. The highest BCUT2D eigenvalue weighted by Crippen LogP contribution is 2.35. The Kier molecular flexibility index (Phi) is 4.42. The number of amides is 2. The molecule has 3 aromatic rings. The summed E-state index contributed by atoms with van der Waals surface area (Å²) in [4.78, 5) is 31.9. The van der Waals surface area contributed by atoms with Crippen LogP contribution in [0.4, 0.5) is 5.69 Å². The van der Waals surface area contributed by atoms with Gasteiger partial charge in [0.2, 0.25) is 11.7 Å². The van der Waals surface area contributed by atoms with Crippen LogP contribution >= 0.6 is 15.9 Å². The van der Waals surface area contributed by atoms with Crippen LogP contribution in [-0.2, 0) is 29.0 Å². The number of imide groups is 1. The van der Waals surface area contributed by atoms with Crippen molar-refractivity contribution in [1.29, 1.82) is 0 Å². The van der Waals surface area contributed by atoms with Gasteiger partial charge in [0.1, 0.15) is 6.54 Å². The molecule has 9 nitrogen and oxygen atoms in total. The van der Waals surface area contributed by atoms with Gasteiger partial charge in [-0.3, -0.25) is 14.6 Å². The molecule has 32 heavy (non-hydrogen) atoms. The zero-order valence-corrected chi connectivity index (χ0v) is 18.4. The molecule has 10 heteroatoms. The fourth-order valence-corrected chi connectivity index (χ4v) is 4.74. The van der Waals surface area contributed by atoms with Crippen LogP contribution in [0.1, 0.15) is 23.4 Å². The molecule has 0 unspecified atom stereocenters. The van der Waals surface area contributed by atoms with Crippen molar-refractivity contribution in [2.24, 2.45) is 10.3 Å². The summed E-state index contributed by atoms with van der Waals surface area (Å²) >= 11 is 3.40. The van der Waals surface area contributed by atoms with E-state index in [-0.39, 0.29) is 18.4 Å². The Labute approximate surface area is 191 Å². The van der Waals surface area contributed by atoms with Crippen molar-refractivity contribution in [3.8, 4) is 11.4 Å². The molecule has 0 N–H and O–H groups in total. The predicted molar refractivity (Wildman–Crippen MR) is 116 cm³/mol. The third-order valence-corrected chi connectivity index (χ3v) is 6.59. The number of rotatable bonds is 4. The number of fused-ring (bicyclic) bond motifs is 2. The standard InChI is InChI=1S/C22H17BrN6O3/c23-15-7-4-13(5-8-15)20-24-17(32-26-20)11-28-19-18(25-27-28)21(30)29(22(19)31)16-9-6-12-2-1-3-14(12)10-16/h4-10,18-19H,1-3,11H2/t18-,19-/m1/s1. The third-order valence-electron chi connectivity index (χ3n) is 6.07. The second-order valence-corrected chi connectivity index (χ2v) is 8.94. The van der Waals surface area contributed by atoms with Gasteiger partial charge in [0, 0.05) is 10.0 Å². The predicted octanol–water partition coefficient (Wildman–Crippen LogP) is 3.48. The summed E-state index contributed by atoms with van der Waals surface area (Å²) in [5, 5.41) is 13.6. The van der Waals surface area contributed by atoms with Crippen molar-refractivity contribution in [2.45, 2.75) is 37.9 Å². The average molecular weight is 493 g/mol. The number of aromatic nitrogens is 2. The van der Waals surface area contributed by atoms with E-state index in [2.05, 4.69) is 36.4 Å². The molecule has 1 aliphatic carbocycles. The highest BCUT2D eigenvalue weighted by Gasteiger charge is 2.55. The summed E-state index contributed by atoms with van der Waals surface area (Å²) in [7, 11) is 0. The molecule has 0 radical (unpaired) electrons. The van der Waals surface area contributed by atoms with Gasteiger partial charge in [0.15, 0.2) is 12.1 Å². The summed E-state index contributed by atoms with van der Waals surface area (Å²) in [6, 6.07) is 11.7. The number of benzene rings is 2. The van der Waals surface area contributed by atoms with Crippen molar-refractivity contribution < 1.29 is 14.1 Å². The van der Waals surface area contributed by atoms with Crippen LogP contribution in [0.5, 0.6) is 0 Å². The fourth-order valence-electron chi connectivity index (χ4n) is 4.48. The van der Waals surface area contributed by atoms with Crippen LogP contribution in [0, 0.1) is 0 Å². The molecular formula is C22H17BrN6O3. The van der Waals surface area contributed by atoms with Crippen LogP contribution in [0.2, 0.25) is 0 Å². The van der Waals surface area contributed by atoms with Crippen molar-refractivity contribution in [3.05, 3.63) is 64.0 Å². The van der Waals surface area contributed by atoms with Crippen molar-refractivity contribution >= 4 is 33.4 Å². The van der Waals surface area contributed by atoms with Gasteiger partial charge in [-0.2, -0.15) is 10.1 Å². The molecule has 0 bridgehead atoms. The maximum absolute atomic E-state index is 13.2. The minimum absolute atomic E-state index is 0.0885. The number of aryl methyl sites for hydroxylation is 2. The molecule has 160 valence electrons. The lowest BCUT2D eigenvalue weighted by Crippen LogP contribution is -2.39. The molecule has 3 heterocycles. The average Bonchev–Trinajstić information content (AvgIpc) is 3.56. The lowest BCUT2D eigenvalue weighted by Gasteiger charge is -2.19. The number of carbonyl (C=O) groups is 2. The molecule has 0 spiro atoms. The molecule has 6 rings (SSSR count). The summed E-state index contributed by atoms with van der Waals surface area (Å²) in [5.74, 6) is 0.0356. The number of nitrogens with zero attached hydrogens (tertiary/aromatic N) is 6. The second-order valence-electron chi connectivity index (χ2n) is 8.03. The number of hydrogen-bond acceptors (Lipinski definition) is 8. The maximum atomic E-state index is 13.2. The van der Waals surface area contributed by atoms with E-state index in [1.807, 2.05) is 42.5 Å². The second kappa shape index (κ2) is 7.33. The first kappa shape index (κ1) is 19.3. The Bertz CT molecular complexity index is 1270. The third kappa shape index (κ3) is 3.05. The Morgan fingerprint density at radius 3 is 2.69 bits per heavy atom. The van der Waals surface area contributed by atoms with Crippen molar-refractivity contribution in [1.82, 2.24) is 15.1 Å². The smallest absolute Gasteiger partial charge is 0.263 e. The highest BCUT2D eigenvalue weighted by molar-refractivity contribution is 9.10. The van der Waals surface area contributed by atoms with E-state index in [1.165, 1.54) is 21.0 Å². The quantitative estimate of drug-likeness (QED) is 0.516. The number of carbonyl (C=O) groups excluding carboxylic acids is 2. The van der Waals surface area contributed by atoms with E-state index in [1.54, 1.807) is 0 Å². The first-order chi connectivity index (χ1) is 15.6. The lowest BCUT2D eigenvalue weighted by molar-refractivity contribution is -0.123. The van der Waals surface area contributed by atoms with E-state index in [0.29, 0.717) is 17.4 Å². The van der Waals surface area contributed by atoms with Gasteiger partial charge in [0.05, 0.1) is 5.69 Å². The number of hydrogen-bond donors (Lipinski definition) is 0. The van der Waals surface area contributed by atoms with Crippen LogP contribution in [0.15, 0.2) is 61.8 Å². The molecule has 1 saturated heterocycles. The van der Waals surface area contributed by atoms with Gasteiger partial charge < -0.3 is 4.52 Å². The maximum Gasteiger partial charge on any atom is 0.263 e. The minimum atomic E-state index is -0.857. The molecular weight excluding hydrogens is 476 g/mol. The monoisotopic (exact) mass is 492 g/mol. The SMILES string of the molecule is O=C1[C@@H]2N=NN(Cc3nc(-c4ccc(Br)cc4)no3)[C@H]2C(=O)N1c1ccc2c(c1)CCC2. The first-order valence-corrected chi connectivity index (χ1v) is 11.1. The van der Waals surface area contributed by atoms with Crippen LogP contribution in [-0.4, -0.2) is 39.0 Å². The van der Waals surface area contributed by atoms with Gasteiger partial charge in [-0.25, -0.2) is 4.90 Å². The van der Waals surface area contributed by atoms with Crippen LogP contribution in [0.25, 0.3) is 11.4 Å². The van der Waals surface area contributed by atoms with E-state index in [0.717, 1.165) is 29.3 Å². The molecule has 2 aliphatic heterocycles. The van der Waals surface area contributed by atoms with Crippen molar-refractivity contribution in [2.75, 3.05) is 4.90 Å². The normalized spacial score (nSPS) is 21.5. The highest BCUT2D eigenvalue weighted by atomic mass is 79.9. The Balaban J connectivity index is 1.23. The molecule has 3 aliphatic rings. The fraction of sp³-hybridized carbons (Fsp3) is 0.273. The van der Waals surface area contributed by atoms with Gasteiger partial charge in [-0.15, -0.1) is 0 Å². The Morgan fingerprint density at radius 1 is 1.03 bits per heavy atom. The molecule has 0 saturated carbocycles. The van der Waals surface area contributed by atoms with E-state index < -0.39 is 12.1 Å². The Morgan fingerprint density at radius 2 is 1.84 bits per heavy atom. The summed E-state index contributed by atoms with van der Waals surface area (Å²) in [6.45, 7) is 0.0885. The van der Waals surface area contributed by atoms with E-state index in [9.17, 15) is 9.59 Å². The number of halogens is 1. The topological polar surface area (TPSA) is 104 Å². The van der Waals surface area contributed by atoms with E-state index >= 15 is 0 Å². The molecule has 2 amide bonds. The number of anilines is 1. The summed E-state index contributed by atoms with van der Waals surface area (Å²) < 4.78 is 6.31. The first-order valence-electron chi connectivity index (χ1n) is 10.3. The largest absolute Gasteiger partial charge is 0.337 e. The summed E-state index contributed by atoms with van der Waals surface area (Å²) in [6.07, 6.45) is 3.10. The Hall–Kier alpha value is -3.40. The lowest BCUT2D eigenvalue weighted by atomic mass is 10.1. The minimum Gasteiger partial charge on any atom is -0.337 e. The zero-order chi connectivity index (χ0) is 21.8. The zero-order valence-electron chi connectivity index (χ0n) is 16.8. The van der Waals surface area contributed by atoms with Gasteiger partial charge >= 0.3 is 0 Å². The molecule has 1 fully saturated rings. The molecule has 2 aromatic carbocycles. The van der Waals surface area contributed by atoms with Gasteiger partial charge in [-0.05, 0) is 66.8 Å². The van der Waals surface area contributed by atoms with Gasteiger partial charge in [-0.1, -0.05) is 32.4 Å². The van der Waals surface area contributed by atoms with Crippen LogP contribution < -0.4 is 4.90 Å².